The smallest absolute Gasteiger partial charge is 0.244 e. The molecule has 1 saturated carbocycles. The highest BCUT2D eigenvalue weighted by Gasteiger charge is 2.28. The Bertz CT molecular complexity index is 189. The van der Waals surface area contributed by atoms with Gasteiger partial charge in [-0.1, -0.05) is 13.0 Å². The molecule has 4 N–H and O–H groups in total. The highest BCUT2D eigenvalue weighted by Crippen LogP contribution is 2.28. The number of amides is 1. The second-order valence-corrected chi connectivity index (χ2v) is 3.09. The molecule has 0 saturated heterocycles. The number of primary amides is 1. The van der Waals surface area contributed by atoms with Crippen LogP contribution in [0.15, 0.2) is 12.2 Å². The third-order valence-corrected chi connectivity index (χ3v) is 2.33. The summed E-state index contributed by atoms with van der Waals surface area (Å²) in [7, 11) is 0. The van der Waals surface area contributed by atoms with Gasteiger partial charge in [0.1, 0.15) is 0 Å². The van der Waals surface area contributed by atoms with Crippen molar-refractivity contribution in [2.75, 3.05) is 0 Å². The highest BCUT2D eigenvalue weighted by atomic mass is 16.1. The zero-order valence-corrected chi connectivity index (χ0v) is 6.55. The van der Waals surface area contributed by atoms with Gasteiger partial charge in [0.2, 0.25) is 5.91 Å². The maximum absolute atomic E-state index is 10.7. The van der Waals surface area contributed by atoms with Crippen LogP contribution in [0.2, 0.25) is 0 Å². The first-order chi connectivity index (χ1) is 5.13. The van der Waals surface area contributed by atoms with Crippen molar-refractivity contribution in [2.45, 2.75) is 25.3 Å². The normalized spacial score (nSPS) is 30.3. The van der Waals surface area contributed by atoms with Gasteiger partial charge in [-0.2, -0.15) is 0 Å². The van der Waals surface area contributed by atoms with E-state index < -0.39 is 5.91 Å². The molecule has 0 bridgehead atoms. The van der Waals surface area contributed by atoms with Crippen molar-refractivity contribution >= 4 is 5.91 Å². The molecule has 0 radical (unpaired) electrons. The second-order valence-electron chi connectivity index (χ2n) is 3.09. The van der Waals surface area contributed by atoms with Crippen LogP contribution in [0.25, 0.3) is 0 Å². The summed E-state index contributed by atoms with van der Waals surface area (Å²) < 4.78 is 0. The summed E-state index contributed by atoms with van der Waals surface area (Å²) in [6.07, 6.45) is 3.03. The molecule has 11 heavy (non-hydrogen) atoms. The number of hydrogen-bond donors (Lipinski definition) is 2. The molecule has 62 valence electrons. The van der Waals surface area contributed by atoms with Gasteiger partial charge in [-0.05, 0) is 12.8 Å². The largest absolute Gasteiger partial charge is 0.366 e. The van der Waals surface area contributed by atoms with Crippen molar-refractivity contribution in [2.24, 2.45) is 17.4 Å². The molecular weight excluding hydrogens is 140 g/mol. The summed E-state index contributed by atoms with van der Waals surface area (Å²) in [5.41, 5.74) is 11.3. The first-order valence-corrected chi connectivity index (χ1v) is 3.87. The topological polar surface area (TPSA) is 69.1 Å². The summed E-state index contributed by atoms with van der Waals surface area (Å²) in [6.45, 7) is 3.63. The minimum Gasteiger partial charge on any atom is -0.366 e. The standard InChI is InChI=1S/C8H14N2O/c1-5(8(10)11)6-3-2-4-7(6)9/h6-7H,1-4,9H2,(H2,10,11). The minimum absolute atomic E-state index is 0.0926. The van der Waals surface area contributed by atoms with Gasteiger partial charge in [-0.25, -0.2) is 0 Å². The Balaban J connectivity index is 2.60. The zero-order valence-electron chi connectivity index (χ0n) is 6.55. The van der Waals surface area contributed by atoms with Gasteiger partial charge in [0, 0.05) is 17.5 Å². The van der Waals surface area contributed by atoms with Gasteiger partial charge < -0.3 is 11.5 Å². The fourth-order valence-electron chi connectivity index (χ4n) is 1.60. The van der Waals surface area contributed by atoms with E-state index in [-0.39, 0.29) is 12.0 Å². The van der Waals surface area contributed by atoms with Gasteiger partial charge in [0.15, 0.2) is 0 Å². The summed E-state index contributed by atoms with van der Waals surface area (Å²) in [5.74, 6) is -0.278. The van der Waals surface area contributed by atoms with Crippen LogP contribution in [0.4, 0.5) is 0 Å². The van der Waals surface area contributed by atoms with Crippen LogP contribution in [0.5, 0.6) is 0 Å². The molecule has 1 aliphatic carbocycles. The van der Waals surface area contributed by atoms with Crippen LogP contribution < -0.4 is 11.5 Å². The van der Waals surface area contributed by atoms with Gasteiger partial charge in [-0.3, -0.25) is 4.79 Å². The number of rotatable bonds is 2. The van der Waals surface area contributed by atoms with Crippen LogP contribution in [0.3, 0.4) is 0 Å². The molecule has 0 spiro atoms. The Kier molecular flexibility index (Phi) is 2.29. The van der Waals surface area contributed by atoms with Gasteiger partial charge in [-0.15, -0.1) is 0 Å². The van der Waals surface area contributed by atoms with Gasteiger partial charge in [0.05, 0.1) is 0 Å². The molecule has 1 fully saturated rings. The Morgan fingerprint density at radius 1 is 1.45 bits per heavy atom. The molecule has 0 aromatic rings. The van der Waals surface area contributed by atoms with Crippen molar-refractivity contribution in [3.8, 4) is 0 Å². The monoisotopic (exact) mass is 154 g/mol. The van der Waals surface area contributed by atoms with Crippen molar-refractivity contribution in [1.82, 2.24) is 0 Å². The number of carbonyl (C=O) groups excluding carboxylic acids is 1. The average molecular weight is 154 g/mol. The van der Waals surface area contributed by atoms with Gasteiger partial charge >= 0.3 is 0 Å². The van der Waals surface area contributed by atoms with Crippen molar-refractivity contribution < 1.29 is 4.79 Å². The third-order valence-electron chi connectivity index (χ3n) is 2.33. The zero-order chi connectivity index (χ0) is 8.43. The predicted octanol–water partition coefficient (Wildman–Crippen LogP) is 0.155. The molecule has 2 atom stereocenters. The van der Waals surface area contributed by atoms with Crippen LogP contribution in [0, 0.1) is 5.92 Å². The molecule has 0 heterocycles. The minimum atomic E-state index is -0.410. The molecule has 2 unspecified atom stereocenters. The fourth-order valence-corrected chi connectivity index (χ4v) is 1.60. The van der Waals surface area contributed by atoms with E-state index in [2.05, 4.69) is 6.58 Å². The quantitative estimate of drug-likeness (QED) is 0.556. The van der Waals surface area contributed by atoms with E-state index in [1.807, 2.05) is 0 Å². The maximum atomic E-state index is 10.7. The van der Waals surface area contributed by atoms with Gasteiger partial charge in [0.25, 0.3) is 0 Å². The van der Waals surface area contributed by atoms with E-state index in [1.165, 1.54) is 0 Å². The van der Waals surface area contributed by atoms with Crippen LogP contribution in [-0.4, -0.2) is 11.9 Å². The number of carbonyl (C=O) groups is 1. The molecule has 1 aliphatic rings. The van der Waals surface area contributed by atoms with Crippen LogP contribution >= 0.6 is 0 Å². The highest BCUT2D eigenvalue weighted by molar-refractivity contribution is 5.91. The lowest BCUT2D eigenvalue weighted by Crippen LogP contribution is -2.30. The van der Waals surface area contributed by atoms with Crippen molar-refractivity contribution in [1.29, 1.82) is 0 Å². The Labute approximate surface area is 66.4 Å². The molecule has 0 aromatic carbocycles. The van der Waals surface area contributed by atoms with E-state index in [0.29, 0.717) is 5.57 Å². The summed E-state index contributed by atoms with van der Waals surface area (Å²) in [5, 5.41) is 0. The van der Waals surface area contributed by atoms with Crippen molar-refractivity contribution in [3.05, 3.63) is 12.2 Å². The third kappa shape index (κ3) is 1.60. The summed E-state index contributed by atoms with van der Waals surface area (Å²) in [4.78, 5) is 10.7. The molecule has 1 amide bonds. The summed E-state index contributed by atoms with van der Waals surface area (Å²) in [6, 6.07) is 0.0926. The first-order valence-electron chi connectivity index (χ1n) is 3.87. The van der Waals surface area contributed by atoms with E-state index in [1.54, 1.807) is 0 Å². The van der Waals surface area contributed by atoms with Crippen molar-refractivity contribution in [3.63, 3.8) is 0 Å². The maximum Gasteiger partial charge on any atom is 0.244 e. The van der Waals surface area contributed by atoms with E-state index >= 15 is 0 Å². The first kappa shape index (κ1) is 8.27. The lowest BCUT2D eigenvalue weighted by molar-refractivity contribution is -0.115. The Morgan fingerprint density at radius 3 is 2.45 bits per heavy atom. The molecule has 3 heteroatoms. The molecule has 3 nitrogen and oxygen atoms in total. The lowest BCUT2D eigenvalue weighted by atomic mass is 9.95. The molecule has 0 aromatic heterocycles. The summed E-state index contributed by atoms with van der Waals surface area (Å²) >= 11 is 0. The van der Waals surface area contributed by atoms with Crippen LogP contribution in [0.1, 0.15) is 19.3 Å². The lowest BCUT2D eigenvalue weighted by Gasteiger charge is -2.14. The predicted molar refractivity (Wildman–Crippen MR) is 43.7 cm³/mol. The number of hydrogen-bond acceptors (Lipinski definition) is 2. The second kappa shape index (κ2) is 3.05. The van der Waals surface area contributed by atoms with E-state index in [9.17, 15) is 4.79 Å². The SMILES string of the molecule is C=C(C(N)=O)C1CCCC1N. The molecule has 0 aliphatic heterocycles. The van der Waals surface area contributed by atoms with Crippen LogP contribution in [-0.2, 0) is 4.79 Å². The van der Waals surface area contributed by atoms with E-state index in [0.717, 1.165) is 19.3 Å². The van der Waals surface area contributed by atoms with E-state index in [4.69, 9.17) is 11.5 Å². The molecule has 1 rings (SSSR count). The molecular formula is C8H14N2O. The Hall–Kier alpha value is -0.830. The average Bonchev–Trinajstić information content (AvgIpc) is 2.33. The number of nitrogens with two attached hydrogens (primary N) is 2. The fraction of sp³-hybridized carbons (Fsp3) is 0.625. The Morgan fingerprint density at radius 2 is 2.09 bits per heavy atom.